The van der Waals surface area contributed by atoms with Gasteiger partial charge in [0.25, 0.3) is 0 Å². The van der Waals surface area contributed by atoms with Gasteiger partial charge in [-0.1, -0.05) is 128 Å². The van der Waals surface area contributed by atoms with E-state index in [9.17, 15) is 0 Å². The minimum absolute atomic E-state index is 0. The number of benzene rings is 3. The molecule has 0 aliphatic rings. The van der Waals surface area contributed by atoms with Gasteiger partial charge in [0, 0.05) is 44.6 Å². The Balaban J connectivity index is -0.000000244. The smallest absolute Gasteiger partial charge is 0.214 e. The first kappa shape index (κ1) is 66.5. The van der Waals surface area contributed by atoms with Crippen molar-refractivity contribution < 1.29 is 0 Å². The number of hydrogen-bond donors (Lipinski definition) is 4. The van der Waals surface area contributed by atoms with Gasteiger partial charge < -0.3 is 31.0 Å². The van der Waals surface area contributed by atoms with Crippen molar-refractivity contribution in [1.29, 1.82) is 10.5 Å². The van der Waals surface area contributed by atoms with Crippen molar-refractivity contribution in [3.63, 3.8) is 0 Å². The Bertz CT molecular complexity index is 1430. The zero-order valence-electron chi connectivity index (χ0n) is 36.8. The fourth-order valence-corrected chi connectivity index (χ4v) is 5.80. The summed E-state index contributed by atoms with van der Waals surface area (Å²) in [6, 6.07) is 28.2. The van der Waals surface area contributed by atoms with Crippen LogP contribution in [0.1, 0.15) is 128 Å². The maximum atomic E-state index is 8.37. The number of nitrogens with one attached hydrogen (secondary N) is 4. The summed E-state index contributed by atoms with van der Waals surface area (Å²) in [7, 11) is 12.5. The molecule has 0 amide bonds. The van der Waals surface area contributed by atoms with E-state index >= 15 is 0 Å². The molecule has 0 saturated carbocycles. The second kappa shape index (κ2) is 49.0. The maximum Gasteiger partial charge on any atom is 0.214 e. The molecule has 0 unspecified atom stereocenters. The van der Waals surface area contributed by atoms with Crippen molar-refractivity contribution in [2.24, 2.45) is 0 Å². The van der Waals surface area contributed by atoms with Crippen LogP contribution in [0.2, 0.25) is 0 Å². The largest absolute Gasteiger partial charge is 0.320 e. The standard InChI is InChI=1S/C19H27N3.C15H35N3.C8H4N2.C6H8N2.4CH4/c1-20-12-16-4-8-18(9-5-16)14-22(3)15-19-10-6-17(7-11-19)13-21-2;1-16-12-8-4-6-10-14-18(3)15-11-7-5-9-13-17-2;1-10-8-4-2-7(6-9)3-5-8;1-8-6-4-2-3-5-7;;;;/h4-11,20-21H,12-15H2,1-3H3;16-17H,4-15H2,1-3H3;2-5H;2-4,6H2;4*1H4. The highest BCUT2D eigenvalue weighted by Crippen LogP contribution is 2.12. The first-order chi connectivity index (χ1) is 28.3. The maximum absolute atomic E-state index is 8.37. The van der Waals surface area contributed by atoms with Gasteiger partial charge in [0.2, 0.25) is 6.54 Å². The molecule has 0 saturated heterocycles. The number of nitriles is 2. The van der Waals surface area contributed by atoms with Gasteiger partial charge in [0.1, 0.15) is 0 Å². The van der Waals surface area contributed by atoms with Crippen molar-refractivity contribution in [2.75, 3.05) is 75.0 Å². The Morgan fingerprint density at radius 2 is 0.935 bits per heavy atom. The van der Waals surface area contributed by atoms with Crippen LogP contribution in [0, 0.1) is 35.8 Å². The summed E-state index contributed by atoms with van der Waals surface area (Å²) in [5.41, 5.74) is 6.53. The summed E-state index contributed by atoms with van der Waals surface area (Å²) in [5, 5.41) is 29.2. The fraction of sp³-hybridized carbons (Fsp3) is 0.577. The molecule has 4 N–H and O–H groups in total. The molecule has 0 radical (unpaired) electrons. The second-order valence-corrected chi connectivity index (χ2v) is 14.5. The van der Waals surface area contributed by atoms with Crippen LogP contribution in [-0.4, -0.2) is 84.8 Å². The minimum Gasteiger partial charge on any atom is -0.320 e. The lowest BCUT2D eigenvalue weighted by Crippen LogP contribution is -2.21. The molecule has 3 rings (SSSR count). The molecule has 0 aliphatic heterocycles. The van der Waals surface area contributed by atoms with Gasteiger partial charge in [-0.25, -0.2) is 11.4 Å². The third-order valence-corrected chi connectivity index (χ3v) is 9.08. The second-order valence-electron chi connectivity index (χ2n) is 14.5. The highest BCUT2D eigenvalue weighted by atomic mass is 15.1. The van der Waals surface area contributed by atoms with E-state index in [0.717, 1.165) is 39.0 Å². The van der Waals surface area contributed by atoms with Gasteiger partial charge in [-0.2, -0.15) is 10.5 Å². The van der Waals surface area contributed by atoms with E-state index in [2.05, 4.69) is 103 Å². The lowest BCUT2D eigenvalue weighted by atomic mass is 10.1. The summed E-state index contributed by atoms with van der Waals surface area (Å²) >= 11 is 0. The summed E-state index contributed by atoms with van der Waals surface area (Å²) in [4.78, 5) is 11.2. The summed E-state index contributed by atoms with van der Waals surface area (Å²) < 4.78 is 0. The van der Waals surface area contributed by atoms with E-state index in [1.54, 1.807) is 24.3 Å². The highest BCUT2D eigenvalue weighted by molar-refractivity contribution is 5.47. The zero-order chi connectivity index (χ0) is 42.9. The molecule has 0 spiro atoms. The van der Waals surface area contributed by atoms with Gasteiger partial charge in [-0.3, -0.25) is 4.90 Å². The first-order valence-electron chi connectivity index (χ1n) is 21.0. The third kappa shape index (κ3) is 39.5. The minimum atomic E-state index is 0. The molecule has 348 valence electrons. The molecule has 0 heterocycles. The van der Waals surface area contributed by atoms with E-state index in [1.165, 1.54) is 99.8 Å². The molecule has 10 nitrogen and oxygen atoms in total. The van der Waals surface area contributed by atoms with Gasteiger partial charge in [-0.05, 0) is 123 Å². The van der Waals surface area contributed by atoms with E-state index < -0.39 is 0 Å². The Hall–Kier alpha value is -4.62. The van der Waals surface area contributed by atoms with Crippen LogP contribution in [0.15, 0.2) is 72.8 Å². The summed E-state index contributed by atoms with van der Waals surface area (Å²) in [5.74, 6) is 0. The Morgan fingerprint density at radius 3 is 1.29 bits per heavy atom. The van der Waals surface area contributed by atoms with Crippen LogP contribution in [0.25, 0.3) is 9.69 Å². The average Bonchev–Trinajstić information content (AvgIpc) is 3.24. The Morgan fingerprint density at radius 1 is 0.516 bits per heavy atom. The van der Waals surface area contributed by atoms with Crippen LogP contribution >= 0.6 is 0 Å². The first-order valence-corrected chi connectivity index (χ1v) is 21.0. The monoisotopic (exact) mass is 855 g/mol. The van der Waals surface area contributed by atoms with E-state index in [4.69, 9.17) is 23.7 Å². The lowest BCUT2D eigenvalue weighted by Gasteiger charge is -2.17. The van der Waals surface area contributed by atoms with E-state index in [-0.39, 0.29) is 29.7 Å². The predicted octanol–water partition coefficient (Wildman–Crippen LogP) is 11.5. The van der Waals surface area contributed by atoms with Crippen molar-refractivity contribution >= 4 is 5.69 Å². The molecule has 3 aromatic rings. The van der Waals surface area contributed by atoms with Crippen LogP contribution in [0.4, 0.5) is 5.69 Å². The van der Waals surface area contributed by atoms with Crippen LogP contribution in [0.5, 0.6) is 0 Å². The lowest BCUT2D eigenvalue weighted by molar-refractivity contribution is 0.314. The molecule has 3 aromatic carbocycles. The van der Waals surface area contributed by atoms with Crippen molar-refractivity contribution in [3.05, 3.63) is 123 Å². The summed E-state index contributed by atoms with van der Waals surface area (Å²) in [6.45, 7) is 22.2. The van der Waals surface area contributed by atoms with Crippen molar-refractivity contribution in [3.8, 4) is 12.1 Å². The van der Waals surface area contributed by atoms with Crippen molar-refractivity contribution in [1.82, 2.24) is 31.1 Å². The van der Waals surface area contributed by atoms with Crippen LogP contribution in [0.3, 0.4) is 0 Å². The molecule has 0 aliphatic carbocycles. The number of nitrogens with zero attached hydrogens (tertiary/aromatic N) is 6. The molecule has 0 aromatic heterocycles. The average molecular weight is 855 g/mol. The molecule has 0 bridgehead atoms. The Kier molecular flexibility index (Phi) is 52.6. The normalized spacial score (nSPS) is 9.42. The molecular formula is C52H90N10. The molecule has 0 atom stereocenters. The van der Waals surface area contributed by atoms with E-state index in [1.807, 2.05) is 40.3 Å². The number of unbranched alkanes of at least 4 members (excludes halogenated alkanes) is 8. The zero-order valence-corrected chi connectivity index (χ0v) is 36.8. The molecule has 0 fully saturated rings. The van der Waals surface area contributed by atoms with Gasteiger partial charge in [0.05, 0.1) is 18.7 Å². The van der Waals surface area contributed by atoms with E-state index in [0.29, 0.717) is 24.2 Å². The fourth-order valence-electron chi connectivity index (χ4n) is 5.80. The Labute approximate surface area is 383 Å². The van der Waals surface area contributed by atoms with Crippen LogP contribution in [-0.2, 0) is 26.2 Å². The predicted molar refractivity (Wildman–Crippen MR) is 271 cm³/mol. The van der Waals surface area contributed by atoms with Crippen LogP contribution < -0.4 is 21.3 Å². The molecular weight excluding hydrogens is 765 g/mol. The number of rotatable bonds is 25. The quantitative estimate of drug-likeness (QED) is 0.0493. The topological polar surface area (TPSA) is 111 Å². The summed E-state index contributed by atoms with van der Waals surface area (Å²) in [6.07, 6.45) is 13.2. The third-order valence-electron chi connectivity index (χ3n) is 9.08. The van der Waals surface area contributed by atoms with Gasteiger partial charge in [-0.15, -0.1) is 0 Å². The van der Waals surface area contributed by atoms with Gasteiger partial charge >= 0.3 is 0 Å². The highest BCUT2D eigenvalue weighted by Gasteiger charge is 2.03. The molecule has 62 heavy (non-hydrogen) atoms. The SMILES string of the molecule is C.C.C.C.CNCCCCCCN(C)CCCCCCNC.CNCc1ccc(CN(C)Cc2ccc(CNC)cc2)cc1.[C-]#[N+]CCCCC#N.[C-]#[N+]c1ccc(C#N)cc1. The van der Waals surface area contributed by atoms with Gasteiger partial charge in [0.15, 0.2) is 5.69 Å². The number of hydrogen-bond acceptors (Lipinski definition) is 8. The molecule has 10 heteroatoms. The van der Waals surface area contributed by atoms with Crippen molar-refractivity contribution in [2.45, 2.75) is 127 Å².